The number of carboxylic acid groups (broad SMARTS) is 1. The van der Waals surface area contributed by atoms with E-state index in [1.54, 1.807) is 0 Å². The summed E-state index contributed by atoms with van der Waals surface area (Å²) >= 11 is 0. The number of carbonyl (C=O) groups is 2. The molecular formula is C31H49NO15. The van der Waals surface area contributed by atoms with Gasteiger partial charge in [-0.25, -0.2) is 0 Å². The van der Waals surface area contributed by atoms with Crippen LogP contribution in [0.3, 0.4) is 0 Å². The van der Waals surface area contributed by atoms with E-state index >= 15 is 0 Å². The van der Waals surface area contributed by atoms with Crippen molar-refractivity contribution in [3.63, 3.8) is 0 Å². The average molecular weight is 676 g/mol. The highest BCUT2D eigenvalue weighted by molar-refractivity contribution is 5.94. The molecular weight excluding hydrogens is 626 g/mol. The molecule has 0 spiro atoms. The second kappa shape index (κ2) is 29.3. The number of hydrogen-bond donors (Lipinski definition) is 3. The molecule has 0 heterocycles. The molecule has 0 saturated heterocycles. The summed E-state index contributed by atoms with van der Waals surface area (Å²) in [5.74, 6) is -1.11. The maximum Gasteiger partial charge on any atom is 0.305 e. The van der Waals surface area contributed by atoms with Crippen LogP contribution in [0, 0.1) is 10.1 Å². The fourth-order valence-corrected chi connectivity index (χ4v) is 3.70. The number of benzene rings is 1. The van der Waals surface area contributed by atoms with E-state index in [2.05, 4.69) is 0 Å². The minimum absolute atomic E-state index is 0.0188. The van der Waals surface area contributed by atoms with Crippen LogP contribution in [-0.4, -0.2) is 138 Å². The monoisotopic (exact) mass is 675 g/mol. The van der Waals surface area contributed by atoms with Crippen LogP contribution in [-0.2, 0) is 60.7 Å². The van der Waals surface area contributed by atoms with Crippen molar-refractivity contribution in [1.29, 1.82) is 0 Å². The number of nitro groups is 1. The highest BCUT2D eigenvalue weighted by Gasteiger charge is 2.16. The SMILES string of the molecule is O=C(O)CCOCCOCCOCCOCCOCCOCCOCCOCCCC(=O)/C=C/c1cc(CO)c(CO)cc1[N+](=O)[O-]. The first-order valence-electron chi connectivity index (χ1n) is 15.5. The third-order valence-electron chi connectivity index (χ3n) is 6.11. The molecule has 0 saturated carbocycles. The number of allylic oxidation sites excluding steroid dienone is 1. The van der Waals surface area contributed by atoms with Crippen molar-refractivity contribution in [3.8, 4) is 0 Å². The van der Waals surface area contributed by atoms with Crippen molar-refractivity contribution >= 4 is 23.5 Å². The number of aliphatic hydroxyl groups excluding tert-OH is 2. The quantitative estimate of drug-likeness (QED) is 0.0417. The maximum atomic E-state index is 12.1. The fourth-order valence-electron chi connectivity index (χ4n) is 3.70. The summed E-state index contributed by atoms with van der Waals surface area (Å²) in [6.45, 7) is 5.50. The third kappa shape index (κ3) is 23.1. The molecule has 0 fully saturated rings. The number of hydrogen-bond acceptors (Lipinski definition) is 14. The summed E-state index contributed by atoms with van der Waals surface area (Å²) in [7, 11) is 0. The molecule has 0 atom stereocenters. The van der Waals surface area contributed by atoms with Gasteiger partial charge in [0.2, 0.25) is 0 Å². The number of carboxylic acids is 1. The van der Waals surface area contributed by atoms with Crippen molar-refractivity contribution < 1.29 is 67.7 Å². The van der Waals surface area contributed by atoms with Crippen molar-refractivity contribution in [1.82, 2.24) is 0 Å². The largest absolute Gasteiger partial charge is 0.481 e. The van der Waals surface area contributed by atoms with Gasteiger partial charge in [-0.1, -0.05) is 0 Å². The Morgan fingerprint density at radius 3 is 1.38 bits per heavy atom. The predicted octanol–water partition coefficient (Wildman–Crippen LogP) is 1.55. The van der Waals surface area contributed by atoms with Crippen LogP contribution in [0.2, 0.25) is 0 Å². The standard InChI is InChI=1S/C31H49NO15/c33-24-27-22-26(30(32(38)39)23-28(27)25-34)3-4-29(35)2-1-6-40-8-10-42-12-14-44-16-18-46-20-21-47-19-17-45-15-13-43-11-9-41-7-5-31(36)37/h3-4,22-23,33-34H,1-2,5-21,24-25H2,(H,36,37)/b4-3+. The van der Waals surface area contributed by atoms with Gasteiger partial charge in [0.1, 0.15) is 0 Å². The second-order valence-electron chi connectivity index (χ2n) is 9.70. The predicted molar refractivity (Wildman–Crippen MR) is 167 cm³/mol. The fraction of sp³-hybridized carbons (Fsp3) is 0.677. The van der Waals surface area contributed by atoms with E-state index in [1.165, 1.54) is 24.3 Å². The average Bonchev–Trinajstić information content (AvgIpc) is 3.06. The molecule has 1 aromatic rings. The zero-order valence-electron chi connectivity index (χ0n) is 26.8. The van der Waals surface area contributed by atoms with Gasteiger partial charge in [0.15, 0.2) is 5.78 Å². The number of ketones is 1. The Morgan fingerprint density at radius 2 is 1.00 bits per heavy atom. The van der Waals surface area contributed by atoms with Crippen LogP contribution in [0.5, 0.6) is 0 Å². The molecule has 1 rings (SSSR count). The van der Waals surface area contributed by atoms with E-state index in [-0.39, 0.29) is 48.7 Å². The Balaban J connectivity index is 1.87. The molecule has 0 bridgehead atoms. The smallest absolute Gasteiger partial charge is 0.305 e. The van der Waals surface area contributed by atoms with Crippen molar-refractivity contribution in [2.24, 2.45) is 0 Å². The van der Waals surface area contributed by atoms with Gasteiger partial charge in [0.25, 0.3) is 5.69 Å². The maximum absolute atomic E-state index is 12.1. The number of carbonyl (C=O) groups excluding carboxylic acids is 1. The Labute approximate surface area is 274 Å². The van der Waals surface area contributed by atoms with E-state index in [9.17, 15) is 29.9 Å². The molecule has 3 N–H and O–H groups in total. The summed E-state index contributed by atoms with van der Waals surface area (Å²) in [4.78, 5) is 33.2. The van der Waals surface area contributed by atoms with E-state index < -0.39 is 17.5 Å². The number of nitrogens with zero attached hydrogens (tertiary/aromatic N) is 1. The van der Waals surface area contributed by atoms with E-state index in [0.29, 0.717) is 111 Å². The molecule has 0 unspecified atom stereocenters. The highest BCUT2D eigenvalue weighted by atomic mass is 16.6. The van der Waals surface area contributed by atoms with Crippen LogP contribution >= 0.6 is 0 Å². The molecule has 0 aliphatic carbocycles. The molecule has 1 aromatic carbocycles. The molecule has 0 aliphatic heterocycles. The van der Waals surface area contributed by atoms with Crippen LogP contribution in [0.15, 0.2) is 18.2 Å². The van der Waals surface area contributed by atoms with E-state index in [1.807, 2.05) is 0 Å². The van der Waals surface area contributed by atoms with Gasteiger partial charge in [0, 0.05) is 19.1 Å². The Kier molecular flexibility index (Phi) is 26.2. The van der Waals surface area contributed by atoms with Gasteiger partial charge in [-0.05, 0) is 35.8 Å². The number of rotatable bonds is 33. The number of nitro benzene ring substituents is 1. The van der Waals surface area contributed by atoms with Crippen molar-refractivity contribution in [2.75, 3.05) is 106 Å². The lowest BCUT2D eigenvalue weighted by Crippen LogP contribution is -2.15. The zero-order chi connectivity index (χ0) is 34.4. The first-order chi connectivity index (χ1) is 22.9. The van der Waals surface area contributed by atoms with Gasteiger partial charge < -0.3 is 53.2 Å². The number of aliphatic hydroxyl groups is 2. The number of aliphatic carboxylic acids is 1. The van der Waals surface area contributed by atoms with E-state index in [4.69, 9.17) is 43.0 Å². The summed E-state index contributed by atoms with van der Waals surface area (Å²) in [6.07, 6.45) is 3.27. The molecule has 16 nitrogen and oxygen atoms in total. The minimum atomic E-state index is -0.889. The van der Waals surface area contributed by atoms with Crippen LogP contribution in [0.4, 0.5) is 5.69 Å². The topological polar surface area (TPSA) is 212 Å². The van der Waals surface area contributed by atoms with E-state index in [0.717, 1.165) is 0 Å². The van der Waals surface area contributed by atoms with Crippen LogP contribution < -0.4 is 0 Å². The molecule has 0 aromatic heterocycles. The summed E-state index contributed by atoms with van der Waals surface area (Å²) in [6, 6.07) is 2.59. The molecule has 0 amide bonds. The molecule has 0 radical (unpaired) electrons. The van der Waals surface area contributed by atoms with Gasteiger partial charge in [-0.15, -0.1) is 0 Å². The van der Waals surface area contributed by atoms with Gasteiger partial charge in [-0.3, -0.25) is 19.7 Å². The second-order valence-corrected chi connectivity index (χ2v) is 9.70. The Hall–Kier alpha value is -2.90. The molecule has 16 heteroatoms. The summed E-state index contributed by atoms with van der Waals surface area (Å²) in [5.41, 5.74) is 0.539. The highest BCUT2D eigenvalue weighted by Crippen LogP contribution is 2.25. The zero-order valence-corrected chi connectivity index (χ0v) is 26.8. The minimum Gasteiger partial charge on any atom is -0.481 e. The van der Waals surface area contributed by atoms with Crippen molar-refractivity contribution in [2.45, 2.75) is 32.5 Å². The molecule has 268 valence electrons. The molecule has 0 aliphatic rings. The normalized spacial score (nSPS) is 11.4. The lowest BCUT2D eigenvalue weighted by Gasteiger charge is -2.08. The summed E-state index contributed by atoms with van der Waals surface area (Å²) in [5, 5.41) is 38.6. The van der Waals surface area contributed by atoms with Gasteiger partial charge in [0.05, 0.1) is 129 Å². The number of ether oxygens (including phenoxy) is 8. The Morgan fingerprint density at radius 1 is 0.617 bits per heavy atom. The Bertz CT molecular complexity index is 1020. The summed E-state index contributed by atoms with van der Waals surface area (Å²) < 4.78 is 42.9. The van der Waals surface area contributed by atoms with Crippen LogP contribution in [0.1, 0.15) is 36.0 Å². The lowest BCUT2D eigenvalue weighted by molar-refractivity contribution is -0.385. The van der Waals surface area contributed by atoms with Crippen molar-refractivity contribution in [3.05, 3.63) is 45.0 Å². The molecule has 47 heavy (non-hydrogen) atoms. The third-order valence-corrected chi connectivity index (χ3v) is 6.11. The van der Waals surface area contributed by atoms with Gasteiger partial charge in [-0.2, -0.15) is 0 Å². The van der Waals surface area contributed by atoms with Crippen LogP contribution in [0.25, 0.3) is 6.08 Å². The lowest BCUT2D eigenvalue weighted by atomic mass is 10.0. The van der Waals surface area contributed by atoms with Gasteiger partial charge >= 0.3 is 5.97 Å². The first-order valence-corrected chi connectivity index (χ1v) is 15.5. The first kappa shape index (κ1) is 42.1.